The second-order valence-electron chi connectivity index (χ2n) is 4.55. The summed E-state index contributed by atoms with van der Waals surface area (Å²) in [5.74, 6) is 0.810. The molecule has 0 N–H and O–H groups in total. The fourth-order valence-corrected chi connectivity index (χ4v) is 1.91. The summed E-state index contributed by atoms with van der Waals surface area (Å²) in [4.78, 5) is 2.28. The van der Waals surface area contributed by atoms with Gasteiger partial charge in [0.15, 0.2) is 0 Å². The van der Waals surface area contributed by atoms with E-state index in [0.29, 0.717) is 5.41 Å². The second-order valence-corrected chi connectivity index (χ2v) is 4.55. The van der Waals surface area contributed by atoms with E-state index in [4.69, 9.17) is 0 Å². The molecule has 1 nitrogen and oxygen atoms in total. The third kappa shape index (κ3) is 13.5. The molecular formula is C16H37N. The van der Waals surface area contributed by atoms with E-state index in [9.17, 15) is 0 Å². The van der Waals surface area contributed by atoms with Crippen molar-refractivity contribution in [2.24, 2.45) is 11.3 Å². The molecule has 1 atom stereocenters. The van der Waals surface area contributed by atoms with Crippen molar-refractivity contribution in [1.82, 2.24) is 4.90 Å². The number of nitrogens with zero attached hydrogens (tertiary/aromatic N) is 1. The Balaban J connectivity index is -0.000000285. The van der Waals surface area contributed by atoms with Gasteiger partial charge >= 0.3 is 0 Å². The van der Waals surface area contributed by atoms with Crippen LogP contribution in [0.15, 0.2) is 12.3 Å². The molecule has 0 amide bonds. The molecular weight excluding hydrogens is 206 g/mol. The van der Waals surface area contributed by atoms with Crippen molar-refractivity contribution >= 4 is 0 Å². The second kappa shape index (κ2) is 13.6. The first-order chi connectivity index (χ1) is 7.99. The minimum atomic E-state index is 0.393. The third-order valence-electron chi connectivity index (χ3n) is 2.25. The van der Waals surface area contributed by atoms with Gasteiger partial charge in [-0.25, -0.2) is 0 Å². The van der Waals surface area contributed by atoms with Crippen LogP contribution in [0.5, 0.6) is 0 Å². The summed E-state index contributed by atoms with van der Waals surface area (Å²) < 4.78 is 0. The van der Waals surface area contributed by atoms with E-state index in [0.717, 1.165) is 5.92 Å². The molecule has 1 rings (SSSR count). The molecule has 0 aliphatic carbocycles. The van der Waals surface area contributed by atoms with Gasteiger partial charge in [0.2, 0.25) is 0 Å². The van der Waals surface area contributed by atoms with Crippen molar-refractivity contribution in [2.75, 3.05) is 13.6 Å². The monoisotopic (exact) mass is 243 g/mol. The Kier molecular flexibility index (Phi) is 17.4. The molecule has 1 aliphatic heterocycles. The lowest BCUT2D eigenvalue weighted by Gasteiger charge is -2.21. The first kappa shape index (κ1) is 21.8. The summed E-state index contributed by atoms with van der Waals surface area (Å²) in [6.45, 7) is 20.1. The lowest BCUT2D eigenvalue weighted by molar-refractivity contribution is 0.315. The Hall–Kier alpha value is -0.460. The highest BCUT2D eigenvalue weighted by Gasteiger charge is 2.21. The van der Waals surface area contributed by atoms with Crippen LogP contribution < -0.4 is 0 Å². The largest absolute Gasteiger partial charge is 0.380 e. The average Bonchev–Trinajstić information content (AvgIpc) is 2.44. The Morgan fingerprint density at radius 1 is 1.00 bits per heavy atom. The summed E-state index contributed by atoms with van der Waals surface area (Å²) in [6, 6.07) is 0. The molecule has 1 heterocycles. The zero-order chi connectivity index (χ0) is 14.5. The fourth-order valence-electron chi connectivity index (χ4n) is 1.91. The van der Waals surface area contributed by atoms with Crippen molar-refractivity contribution in [3.8, 4) is 0 Å². The molecule has 0 saturated carbocycles. The van der Waals surface area contributed by atoms with Crippen LogP contribution in [0.3, 0.4) is 0 Å². The predicted octanol–water partition coefficient (Wildman–Crippen LogP) is 5.58. The van der Waals surface area contributed by atoms with Gasteiger partial charge in [0.25, 0.3) is 0 Å². The Morgan fingerprint density at radius 3 is 1.82 bits per heavy atom. The maximum atomic E-state index is 2.32. The minimum absolute atomic E-state index is 0.393. The van der Waals surface area contributed by atoms with Crippen LogP contribution in [0.2, 0.25) is 0 Å². The van der Waals surface area contributed by atoms with Crippen LogP contribution in [0.4, 0.5) is 0 Å². The molecule has 1 heteroatoms. The quantitative estimate of drug-likeness (QED) is 0.537. The van der Waals surface area contributed by atoms with Crippen LogP contribution in [-0.2, 0) is 0 Å². The zero-order valence-corrected chi connectivity index (χ0v) is 14.1. The summed E-state index contributed by atoms with van der Waals surface area (Å²) in [6.07, 6.45) is 5.83. The Morgan fingerprint density at radius 2 is 1.41 bits per heavy atom. The summed E-state index contributed by atoms with van der Waals surface area (Å²) in [5.41, 5.74) is 0.393. The molecule has 0 spiro atoms. The van der Waals surface area contributed by atoms with Gasteiger partial charge in [-0.2, -0.15) is 0 Å². The first-order valence-electron chi connectivity index (χ1n) is 7.39. The van der Waals surface area contributed by atoms with E-state index in [1.807, 2.05) is 41.5 Å². The van der Waals surface area contributed by atoms with Gasteiger partial charge in [-0.05, 0) is 24.0 Å². The van der Waals surface area contributed by atoms with Gasteiger partial charge in [0.1, 0.15) is 0 Å². The first-order valence-corrected chi connectivity index (χ1v) is 7.39. The molecule has 1 aliphatic rings. The third-order valence-corrected chi connectivity index (χ3v) is 2.25. The topological polar surface area (TPSA) is 3.24 Å². The SMILES string of the molecule is CC.CC.CC.CC1CN(C)C=CC(C)(C)C1. The Labute approximate surface area is 111 Å². The van der Waals surface area contributed by atoms with Gasteiger partial charge in [0, 0.05) is 13.6 Å². The summed E-state index contributed by atoms with van der Waals surface area (Å²) >= 11 is 0. The van der Waals surface area contributed by atoms with Crippen LogP contribution in [-0.4, -0.2) is 18.5 Å². The standard InChI is InChI=1S/C10H19N.3C2H6/c1-9-7-10(2,3)5-6-11(4)8-9;3*1-2/h5-6,9H,7-8H2,1-4H3;3*1-2H3. The molecule has 0 radical (unpaired) electrons. The highest BCUT2D eigenvalue weighted by molar-refractivity contribution is 4.97. The van der Waals surface area contributed by atoms with Crippen LogP contribution in [0.1, 0.15) is 68.7 Å². The summed E-state index contributed by atoms with van der Waals surface area (Å²) in [5, 5.41) is 0. The molecule has 17 heavy (non-hydrogen) atoms. The van der Waals surface area contributed by atoms with Crippen molar-refractivity contribution in [1.29, 1.82) is 0 Å². The van der Waals surface area contributed by atoms with Gasteiger partial charge in [-0.1, -0.05) is 68.4 Å². The number of rotatable bonds is 0. The minimum Gasteiger partial charge on any atom is -0.380 e. The fraction of sp³-hybridized carbons (Fsp3) is 0.875. The lowest BCUT2D eigenvalue weighted by Crippen LogP contribution is -2.18. The molecule has 0 bridgehead atoms. The number of allylic oxidation sites excluding steroid dienone is 1. The van der Waals surface area contributed by atoms with Crippen molar-refractivity contribution in [3.05, 3.63) is 12.3 Å². The van der Waals surface area contributed by atoms with Crippen LogP contribution in [0.25, 0.3) is 0 Å². The smallest absolute Gasteiger partial charge is 0.0195 e. The predicted molar refractivity (Wildman–Crippen MR) is 83.4 cm³/mol. The van der Waals surface area contributed by atoms with Gasteiger partial charge in [-0.15, -0.1) is 0 Å². The maximum absolute atomic E-state index is 2.32. The van der Waals surface area contributed by atoms with Crippen LogP contribution in [0, 0.1) is 11.3 Å². The highest BCUT2D eigenvalue weighted by Crippen LogP contribution is 2.29. The molecule has 0 aromatic heterocycles. The lowest BCUT2D eigenvalue weighted by atomic mass is 9.84. The molecule has 106 valence electrons. The van der Waals surface area contributed by atoms with Gasteiger partial charge < -0.3 is 4.90 Å². The van der Waals surface area contributed by atoms with E-state index in [1.54, 1.807) is 0 Å². The van der Waals surface area contributed by atoms with Crippen molar-refractivity contribution < 1.29 is 0 Å². The zero-order valence-electron chi connectivity index (χ0n) is 14.1. The van der Waals surface area contributed by atoms with E-state index in [-0.39, 0.29) is 0 Å². The van der Waals surface area contributed by atoms with E-state index < -0.39 is 0 Å². The van der Waals surface area contributed by atoms with Gasteiger partial charge in [-0.3, -0.25) is 0 Å². The van der Waals surface area contributed by atoms with Crippen molar-refractivity contribution in [3.63, 3.8) is 0 Å². The Bertz CT molecular complexity index is 159. The number of hydrogen-bond acceptors (Lipinski definition) is 1. The number of hydrogen-bond donors (Lipinski definition) is 0. The van der Waals surface area contributed by atoms with Gasteiger partial charge in [0.05, 0.1) is 0 Å². The summed E-state index contributed by atoms with van der Waals surface area (Å²) in [7, 11) is 2.15. The molecule has 0 aromatic rings. The van der Waals surface area contributed by atoms with E-state index in [1.165, 1.54) is 13.0 Å². The van der Waals surface area contributed by atoms with E-state index in [2.05, 4.69) is 45.0 Å². The highest BCUT2D eigenvalue weighted by atomic mass is 15.1. The van der Waals surface area contributed by atoms with E-state index >= 15 is 0 Å². The molecule has 0 saturated heterocycles. The molecule has 0 aromatic carbocycles. The average molecular weight is 243 g/mol. The molecule has 0 fully saturated rings. The van der Waals surface area contributed by atoms with Crippen molar-refractivity contribution in [2.45, 2.75) is 68.7 Å². The normalized spacial score (nSPS) is 20.6. The maximum Gasteiger partial charge on any atom is 0.0195 e. The molecule has 1 unspecified atom stereocenters. The van der Waals surface area contributed by atoms with Crippen LogP contribution >= 0.6 is 0 Å².